The third-order valence-corrected chi connectivity index (χ3v) is 5.63. The fourth-order valence-electron chi connectivity index (χ4n) is 4.40. The van der Waals surface area contributed by atoms with Crippen molar-refractivity contribution < 1.29 is 18.4 Å². The summed E-state index contributed by atoms with van der Waals surface area (Å²) < 4.78 is 19.0. The van der Waals surface area contributed by atoms with Gasteiger partial charge in [0.05, 0.1) is 24.0 Å². The predicted octanol–water partition coefficient (Wildman–Crippen LogP) is 4.14. The first-order valence-electron chi connectivity index (χ1n) is 9.77. The number of allylic oxidation sites excluding steroid dienone is 2. The van der Waals surface area contributed by atoms with Gasteiger partial charge in [-0.15, -0.1) is 5.10 Å². The zero-order chi connectivity index (χ0) is 20.5. The second-order valence-corrected chi connectivity index (χ2v) is 8.47. The molecule has 0 unspecified atom stereocenters. The molecular weight excluding hydrogens is 384 g/mol. The first-order chi connectivity index (χ1) is 14.5. The van der Waals surface area contributed by atoms with Gasteiger partial charge in [-0.2, -0.15) is 0 Å². The minimum Gasteiger partial charge on any atom is -0.468 e. The van der Waals surface area contributed by atoms with Gasteiger partial charge in [0, 0.05) is 18.4 Å². The van der Waals surface area contributed by atoms with Gasteiger partial charge in [0.1, 0.15) is 17.8 Å². The van der Waals surface area contributed by atoms with Crippen molar-refractivity contribution in [1.82, 2.24) is 19.6 Å². The minimum atomic E-state index is -0.452. The first-order valence-corrected chi connectivity index (χ1v) is 9.77. The topological polar surface area (TPSA) is 95.7 Å². The Morgan fingerprint density at radius 3 is 2.73 bits per heavy atom. The molecule has 0 bridgehead atoms. The molecule has 30 heavy (non-hydrogen) atoms. The average Bonchev–Trinajstić information content (AvgIpc) is 3.46. The van der Waals surface area contributed by atoms with Crippen LogP contribution in [0.15, 0.2) is 63.3 Å². The number of hydrogen-bond donors (Lipinski definition) is 0. The molecule has 1 atom stereocenters. The second kappa shape index (κ2) is 5.91. The van der Waals surface area contributed by atoms with Crippen LogP contribution in [-0.2, 0) is 4.79 Å². The number of ketones is 1. The van der Waals surface area contributed by atoms with Gasteiger partial charge in [-0.05, 0) is 29.7 Å². The second-order valence-electron chi connectivity index (χ2n) is 8.47. The van der Waals surface area contributed by atoms with Gasteiger partial charge in [-0.25, -0.2) is 14.5 Å². The smallest absolute Gasteiger partial charge is 0.228 e. The van der Waals surface area contributed by atoms with Crippen LogP contribution in [0, 0.1) is 5.41 Å². The van der Waals surface area contributed by atoms with Crippen molar-refractivity contribution in [3.63, 3.8) is 0 Å². The summed E-state index contributed by atoms with van der Waals surface area (Å²) in [7, 11) is 0. The SMILES string of the molecule is CC1(C)CC(=O)C2=C(C1)Oc1ncn3nc(-c4ccco4)nc3c1[C@@H]2c1ccco1. The number of fused-ring (bicyclic) bond motifs is 3. The molecular formula is C22H18N4O4. The lowest BCUT2D eigenvalue weighted by atomic mass is 9.71. The molecule has 0 radical (unpaired) electrons. The van der Waals surface area contributed by atoms with E-state index in [1.54, 1.807) is 35.5 Å². The molecule has 6 rings (SSSR count). The van der Waals surface area contributed by atoms with Crippen molar-refractivity contribution in [2.24, 2.45) is 5.41 Å². The van der Waals surface area contributed by atoms with Crippen molar-refractivity contribution in [1.29, 1.82) is 0 Å². The maximum atomic E-state index is 13.2. The van der Waals surface area contributed by atoms with Crippen LogP contribution in [0.3, 0.4) is 0 Å². The van der Waals surface area contributed by atoms with Crippen molar-refractivity contribution >= 4 is 11.4 Å². The van der Waals surface area contributed by atoms with E-state index in [1.165, 1.54) is 0 Å². The molecule has 0 amide bonds. The predicted molar refractivity (Wildman–Crippen MR) is 105 cm³/mol. The molecule has 150 valence electrons. The Bertz CT molecular complexity index is 1310. The van der Waals surface area contributed by atoms with Crippen molar-refractivity contribution in [2.75, 3.05) is 0 Å². The summed E-state index contributed by atoms with van der Waals surface area (Å²) in [5.74, 6) is 2.32. The summed E-state index contributed by atoms with van der Waals surface area (Å²) in [4.78, 5) is 22.4. The first kappa shape index (κ1) is 17.2. The molecule has 0 fully saturated rings. The Morgan fingerprint density at radius 2 is 1.97 bits per heavy atom. The van der Waals surface area contributed by atoms with E-state index in [2.05, 4.69) is 28.9 Å². The summed E-state index contributed by atoms with van der Waals surface area (Å²) >= 11 is 0. The number of aromatic nitrogens is 4. The number of carbonyl (C=O) groups excluding carboxylic acids is 1. The monoisotopic (exact) mass is 402 g/mol. The summed E-state index contributed by atoms with van der Waals surface area (Å²) in [5, 5.41) is 4.49. The molecule has 8 nitrogen and oxygen atoms in total. The Labute approximate surface area is 171 Å². The van der Waals surface area contributed by atoms with Crippen molar-refractivity contribution in [2.45, 2.75) is 32.6 Å². The van der Waals surface area contributed by atoms with Gasteiger partial charge in [0.15, 0.2) is 17.2 Å². The van der Waals surface area contributed by atoms with E-state index in [0.717, 1.165) is 0 Å². The van der Waals surface area contributed by atoms with Gasteiger partial charge in [0.2, 0.25) is 11.7 Å². The highest BCUT2D eigenvalue weighted by Crippen LogP contribution is 2.50. The lowest BCUT2D eigenvalue weighted by Crippen LogP contribution is -2.33. The van der Waals surface area contributed by atoms with E-state index in [-0.39, 0.29) is 11.2 Å². The molecule has 0 aromatic carbocycles. The largest absolute Gasteiger partial charge is 0.468 e. The molecule has 1 aliphatic heterocycles. The summed E-state index contributed by atoms with van der Waals surface area (Å²) in [6.45, 7) is 4.14. The highest BCUT2D eigenvalue weighted by molar-refractivity contribution is 6.00. The third kappa shape index (κ3) is 2.46. The summed E-state index contributed by atoms with van der Waals surface area (Å²) in [5.41, 5.74) is 1.67. The van der Waals surface area contributed by atoms with E-state index in [4.69, 9.17) is 13.6 Å². The van der Waals surface area contributed by atoms with Crippen LogP contribution in [0.1, 0.15) is 43.9 Å². The Morgan fingerprint density at radius 1 is 1.13 bits per heavy atom. The number of Topliss-reactive ketones (excluding diaryl/α,β-unsaturated/α-hetero) is 1. The lowest BCUT2D eigenvalue weighted by molar-refractivity contribution is -0.118. The van der Waals surface area contributed by atoms with Crippen LogP contribution in [0.25, 0.3) is 17.2 Å². The molecule has 0 N–H and O–H groups in total. The number of nitrogens with zero attached hydrogens (tertiary/aromatic N) is 4. The molecule has 0 spiro atoms. The Hall–Kier alpha value is -3.68. The van der Waals surface area contributed by atoms with Crippen molar-refractivity contribution in [3.8, 4) is 17.5 Å². The standard InChI is InChI=1S/C22H18N4O4/c1-22(2)9-12(27)16-15(10-22)30-21-18(17(16)13-5-3-7-28-13)20-24-19(14-6-4-8-29-14)25-26(20)11-23-21/h3-8,11,17H,9-10H2,1-2H3/t17-/m1/s1. The summed E-state index contributed by atoms with van der Waals surface area (Å²) in [6.07, 6.45) is 5.84. The van der Waals surface area contributed by atoms with E-state index in [9.17, 15) is 4.79 Å². The minimum absolute atomic E-state index is 0.0566. The van der Waals surface area contributed by atoms with Crippen LogP contribution < -0.4 is 4.74 Å². The molecule has 2 aliphatic rings. The molecule has 5 heterocycles. The van der Waals surface area contributed by atoms with E-state index in [1.807, 2.05) is 12.1 Å². The number of carbonyl (C=O) groups is 1. The maximum absolute atomic E-state index is 13.2. The molecule has 8 heteroatoms. The number of furan rings is 2. The van der Waals surface area contributed by atoms with E-state index in [0.29, 0.717) is 58.6 Å². The van der Waals surface area contributed by atoms with Gasteiger partial charge in [-0.3, -0.25) is 4.79 Å². The average molecular weight is 402 g/mol. The number of ether oxygens (including phenoxy) is 1. The van der Waals surface area contributed by atoms with Gasteiger partial charge >= 0.3 is 0 Å². The summed E-state index contributed by atoms with van der Waals surface area (Å²) in [6, 6.07) is 7.25. The normalized spacial score (nSPS) is 20.2. The Kier molecular flexibility index (Phi) is 3.39. The lowest BCUT2D eigenvalue weighted by Gasteiger charge is -2.36. The Balaban J connectivity index is 1.61. The highest BCUT2D eigenvalue weighted by Gasteiger charge is 2.45. The molecule has 1 aliphatic carbocycles. The van der Waals surface area contributed by atoms with E-state index >= 15 is 0 Å². The van der Waals surface area contributed by atoms with Crippen LogP contribution in [0.4, 0.5) is 0 Å². The van der Waals surface area contributed by atoms with Crippen molar-refractivity contribution in [3.05, 3.63) is 65.8 Å². The number of hydrogen-bond acceptors (Lipinski definition) is 7. The highest BCUT2D eigenvalue weighted by atomic mass is 16.5. The fourth-order valence-corrected chi connectivity index (χ4v) is 4.40. The van der Waals surface area contributed by atoms with Gasteiger partial charge in [-0.1, -0.05) is 13.8 Å². The third-order valence-electron chi connectivity index (χ3n) is 5.63. The van der Waals surface area contributed by atoms with E-state index < -0.39 is 5.92 Å². The van der Waals surface area contributed by atoms with Crippen LogP contribution in [-0.4, -0.2) is 25.4 Å². The van der Waals surface area contributed by atoms with Crippen LogP contribution in [0.2, 0.25) is 0 Å². The molecule has 0 saturated heterocycles. The number of rotatable bonds is 2. The quantitative estimate of drug-likeness (QED) is 0.497. The molecule has 4 aromatic rings. The van der Waals surface area contributed by atoms with Gasteiger partial charge in [0.25, 0.3) is 0 Å². The zero-order valence-electron chi connectivity index (χ0n) is 16.5. The maximum Gasteiger partial charge on any atom is 0.228 e. The molecule has 4 aromatic heterocycles. The zero-order valence-corrected chi connectivity index (χ0v) is 16.5. The van der Waals surface area contributed by atoms with Crippen LogP contribution >= 0.6 is 0 Å². The fraction of sp³-hybridized carbons (Fsp3) is 0.273. The van der Waals surface area contributed by atoms with Crippen LogP contribution in [0.5, 0.6) is 5.88 Å². The van der Waals surface area contributed by atoms with Gasteiger partial charge < -0.3 is 13.6 Å². The molecule has 0 saturated carbocycles.